The molecule has 0 aliphatic carbocycles. The number of carbonyl (C=O) groups excluding carboxylic acids is 2. The molecule has 0 fully saturated rings. The molecule has 0 rings (SSSR count). The molecule has 390 valence electrons. The third kappa shape index (κ3) is 50.3. The van der Waals surface area contributed by atoms with E-state index >= 15 is 0 Å². The SMILES string of the molecule is CCCCCCC/C=C\C/C=C\CCCCCCCCCCCCCC(=O)OC(COC(=O)CCCCCCCCCCCCCCCCCCCCCC)COP(=O)(O)OCC(O)CO. The van der Waals surface area contributed by atoms with Gasteiger partial charge in [0.2, 0.25) is 0 Å². The van der Waals surface area contributed by atoms with Gasteiger partial charge in [0.25, 0.3) is 0 Å². The van der Waals surface area contributed by atoms with Gasteiger partial charge in [-0.3, -0.25) is 18.6 Å². The van der Waals surface area contributed by atoms with Crippen LogP contribution in [0.1, 0.15) is 277 Å². The number of ether oxygens (including phenoxy) is 2. The fourth-order valence-corrected chi connectivity index (χ4v) is 8.88. The zero-order valence-electron chi connectivity index (χ0n) is 42.9. The van der Waals surface area contributed by atoms with Crippen LogP contribution >= 0.6 is 7.82 Å². The molecule has 0 aromatic rings. The molecule has 0 saturated heterocycles. The molecule has 0 bridgehead atoms. The van der Waals surface area contributed by atoms with E-state index in [0.29, 0.717) is 12.8 Å². The van der Waals surface area contributed by atoms with Crippen molar-refractivity contribution < 1.29 is 47.8 Å². The van der Waals surface area contributed by atoms with Gasteiger partial charge in [-0.25, -0.2) is 4.57 Å². The van der Waals surface area contributed by atoms with Crippen molar-refractivity contribution in [3.05, 3.63) is 24.3 Å². The summed E-state index contributed by atoms with van der Waals surface area (Å²) in [6.07, 6.45) is 55.8. The summed E-state index contributed by atoms with van der Waals surface area (Å²) in [4.78, 5) is 35.3. The van der Waals surface area contributed by atoms with E-state index in [1.54, 1.807) is 0 Å². The number of hydrogen-bond acceptors (Lipinski definition) is 9. The zero-order valence-corrected chi connectivity index (χ0v) is 43.8. The van der Waals surface area contributed by atoms with E-state index in [2.05, 4.69) is 38.2 Å². The fraction of sp³-hybridized carbons (Fsp3) is 0.891. The Labute approximate surface area is 406 Å². The number of rotatable bonds is 53. The van der Waals surface area contributed by atoms with Crippen LogP contribution in [-0.4, -0.2) is 65.7 Å². The smallest absolute Gasteiger partial charge is 0.462 e. The highest BCUT2D eigenvalue weighted by Gasteiger charge is 2.27. The molecular formula is C55H105O10P. The molecule has 0 saturated carbocycles. The van der Waals surface area contributed by atoms with Crippen LogP contribution in [0.15, 0.2) is 24.3 Å². The van der Waals surface area contributed by atoms with Crippen LogP contribution in [0.3, 0.4) is 0 Å². The second-order valence-electron chi connectivity index (χ2n) is 19.0. The third-order valence-electron chi connectivity index (χ3n) is 12.4. The Morgan fingerprint density at radius 1 is 0.455 bits per heavy atom. The Bertz CT molecular complexity index is 1150. The van der Waals surface area contributed by atoms with E-state index in [1.807, 2.05) is 0 Å². The van der Waals surface area contributed by atoms with E-state index in [9.17, 15) is 24.2 Å². The van der Waals surface area contributed by atoms with Crippen LogP contribution in [0.5, 0.6) is 0 Å². The molecule has 0 amide bonds. The normalized spacial score (nSPS) is 13.7. The number of aliphatic hydroxyl groups excluding tert-OH is 2. The van der Waals surface area contributed by atoms with Crippen molar-refractivity contribution in [2.24, 2.45) is 0 Å². The molecule has 3 N–H and O–H groups in total. The van der Waals surface area contributed by atoms with Gasteiger partial charge in [-0.15, -0.1) is 0 Å². The van der Waals surface area contributed by atoms with Crippen molar-refractivity contribution in [1.29, 1.82) is 0 Å². The van der Waals surface area contributed by atoms with E-state index < -0.39 is 51.8 Å². The van der Waals surface area contributed by atoms with Gasteiger partial charge in [0.05, 0.1) is 19.8 Å². The van der Waals surface area contributed by atoms with Crippen LogP contribution in [0.2, 0.25) is 0 Å². The van der Waals surface area contributed by atoms with Gasteiger partial charge in [0.1, 0.15) is 12.7 Å². The van der Waals surface area contributed by atoms with Crippen LogP contribution in [0.25, 0.3) is 0 Å². The number of allylic oxidation sites excluding steroid dienone is 4. The molecule has 0 aliphatic heterocycles. The number of aliphatic hydroxyl groups is 2. The predicted octanol–water partition coefficient (Wildman–Crippen LogP) is 16.1. The van der Waals surface area contributed by atoms with Crippen molar-refractivity contribution in [1.82, 2.24) is 0 Å². The van der Waals surface area contributed by atoms with Crippen LogP contribution in [-0.2, 0) is 32.7 Å². The summed E-state index contributed by atoms with van der Waals surface area (Å²) in [5.74, 6) is -0.910. The maximum Gasteiger partial charge on any atom is 0.472 e. The van der Waals surface area contributed by atoms with E-state index in [-0.39, 0.29) is 19.4 Å². The van der Waals surface area contributed by atoms with Crippen molar-refractivity contribution in [3.8, 4) is 0 Å². The lowest BCUT2D eigenvalue weighted by atomic mass is 10.0. The van der Waals surface area contributed by atoms with Gasteiger partial charge >= 0.3 is 19.8 Å². The second kappa shape index (κ2) is 51.3. The summed E-state index contributed by atoms with van der Waals surface area (Å²) in [6, 6.07) is 0. The molecule has 0 aromatic heterocycles. The highest BCUT2D eigenvalue weighted by molar-refractivity contribution is 7.47. The first-order chi connectivity index (χ1) is 32.2. The molecule has 0 aromatic carbocycles. The minimum atomic E-state index is -4.62. The van der Waals surface area contributed by atoms with Crippen molar-refractivity contribution >= 4 is 19.8 Å². The molecule has 0 aliphatic rings. The van der Waals surface area contributed by atoms with Gasteiger partial charge in [-0.1, -0.05) is 244 Å². The maximum atomic E-state index is 12.7. The summed E-state index contributed by atoms with van der Waals surface area (Å²) in [7, 11) is -4.62. The Morgan fingerprint density at radius 2 is 0.788 bits per heavy atom. The van der Waals surface area contributed by atoms with Crippen molar-refractivity contribution in [2.45, 2.75) is 289 Å². The Kier molecular flexibility index (Phi) is 50.1. The highest BCUT2D eigenvalue weighted by Crippen LogP contribution is 2.43. The first-order valence-electron chi connectivity index (χ1n) is 27.8. The molecule has 0 heterocycles. The lowest BCUT2D eigenvalue weighted by Gasteiger charge is -2.20. The minimum absolute atomic E-state index is 0.185. The number of phosphoric ester groups is 1. The van der Waals surface area contributed by atoms with Gasteiger partial charge in [0.15, 0.2) is 6.10 Å². The van der Waals surface area contributed by atoms with Crippen LogP contribution in [0.4, 0.5) is 0 Å². The molecule has 10 nitrogen and oxygen atoms in total. The molecule has 0 spiro atoms. The van der Waals surface area contributed by atoms with Gasteiger partial charge in [-0.05, 0) is 44.9 Å². The van der Waals surface area contributed by atoms with E-state index in [4.69, 9.17) is 23.6 Å². The number of hydrogen-bond donors (Lipinski definition) is 3. The lowest BCUT2D eigenvalue weighted by Crippen LogP contribution is -2.29. The quantitative estimate of drug-likeness (QED) is 0.0233. The van der Waals surface area contributed by atoms with Gasteiger partial charge in [-0.2, -0.15) is 0 Å². The van der Waals surface area contributed by atoms with Crippen LogP contribution in [0, 0.1) is 0 Å². The Morgan fingerprint density at radius 3 is 1.17 bits per heavy atom. The van der Waals surface area contributed by atoms with Gasteiger partial charge in [0, 0.05) is 12.8 Å². The molecule has 0 radical (unpaired) electrons. The van der Waals surface area contributed by atoms with Crippen molar-refractivity contribution in [2.75, 3.05) is 26.4 Å². The van der Waals surface area contributed by atoms with E-state index in [0.717, 1.165) is 44.9 Å². The monoisotopic (exact) mass is 957 g/mol. The summed E-state index contributed by atoms with van der Waals surface area (Å²) in [6.45, 7) is 2.43. The minimum Gasteiger partial charge on any atom is -0.462 e. The maximum absolute atomic E-state index is 12.7. The molecule has 11 heteroatoms. The molecule has 66 heavy (non-hydrogen) atoms. The summed E-state index contributed by atoms with van der Waals surface area (Å²) in [5.41, 5.74) is 0. The highest BCUT2D eigenvalue weighted by atomic mass is 31.2. The lowest BCUT2D eigenvalue weighted by molar-refractivity contribution is -0.161. The average molecular weight is 957 g/mol. The number of esters is 2. The topological polar surface area (TPSA) is 149 Å². The second-order valence-corrected chi connectivity index (χ2v) is 20.4. The molecular weight excluding hydrogens is 852 g/mol. The standard InChI is InChI=1S/C55H105O10P/c1-3-5-7-9-11-13-15-17-19-21-23-25-26-27-29-31-33-35-37-39-41-43-45-47-55(59)65-53(51-64-66(60,61)63-49-52(57)48-56)50-62-54(58)46-44-42-40-38-36-34-32-30-28-24-22-20-18-16-14-12-10-8-6-4-2/h15,17,21,23,52-53,56-57H,3-14,16,18-20,22,24-51H2,1-2H3,(H,60,61)/b17-15-,23-21-. The Balaban J connectivity index is 4.10. The third-order valence-corrected chi connectivity index (χ3v) is 13.3. The average Bonchev–Trinajstić information content (AvgIpc) is 3.31. The van der Waals surface area contributed by atoms with Crippen LogP contribution < -0.4 is 0 Å². The predicted molar refractivity (Wildman–Crippen MR) is 275 cm³/mol. The summed E-state index contributed by atoms with van der Waals surface area (Å²) < 4.78 is 33.0. The largest absolute Gasteiger partial charge is 0.472 e. The Hall–Kier alpha value is -1.55. The van der Waals surface area contributed by atoms with E-state index in [1.165, 1.54) is 193 Å². The van der Waals surface area contributed by atoms with Crippen molar-refractivity contribution in [3.63, 3.8) is 0 Å². The zero-order chi connectivity index (χ0) is 48.3. The number of carbonyl (C=O) groups is 2. The number of phosphoric acid groups is 1. The fourth-order valence-electron chi connectivity index (χ4n) is 8.09. The summed E-state index contributed by atoms with van der Waals surface area (Å²) >= 11 is 0. The first kappa shape index (κ1) is 64.5. The first-order valence-corrected chi connectivity index (χ1v) is 29.3. The molecule has 3 atom stereocenters. The number of unbranched alkanes of at least 4 members (excludes halogenated alkanes) is 35. The van der Waals surface area contributed by atoms with Gasteiger partial charge < -0.3 is 24.6 Å². The summed E-state index contributed by atoms with van der Waals surface area (Å²) in [5, 5.41) is 18.4. The molecule has 3 unspecified atom stereocenters.